The fourth-order valence-corrected chi connectivity index (χ4v) is 3.90. The molecule has 1 unspecified atom stereocenters. The Morgan fingerprint density at radius 3 is 3.10 bits per heavy atom. The van der Waals surface area contributed by atoms with Crippen LogP contribution >= 0.6 is 11.8 Å². The van der Waals surface area contributed by atoms with Crippen LogP contribution in [0.3, 0.4) is 0 Å². The van der Waals surface area contributed by atoms with Crippen molar-refractivity contribution in [3.8, 4) is 5.88 Å². The van der Waals surface area contributed by atoms with Gasteiger partial charge < -0.3 is 4.42 Å². The molecule has 1 atom stereocenters. The van der Waals surface area contributed by atoms with Crippen molar-refractivity contribution < 1.29 is 4.42 Å². The Morgan fingerprint density at radius 1 is 1.30 bits per heavy atom. The zero-order valence-corrected chi connectivity index (χ0v) is 11.8. The van der Waals surface area contributed by atoms with Crippen LogP contribution in [-0.2, 0) is 0 Å². The summed E-state index contributed by atoms with van der Waals surface area (Å²) >= 11 is 2.01. The number of fused-ring (bicyclic) bond motifs is 1. The molecule has 0 bridgehead atoms. The lowest BCUT2D eigenvalue weighted by atomic mass is 10.0. The molecule has 4 heterocycles. The Morgan fingerprint density at radius 2 is 2.30 bits per heavy atom. The summed E-state index contributed by atoms with van der Waals surface area (Å²) in [6, 6.07) is 7.82. The molecule has 1 aliphatic heterocycles. The predicted molar refractivity (Wildman–Crippen MR) is 80.4 cm³/mol. The van der Waals surface area contributed by atoms with Crippen LogP contribution in [0.25, 0.3) is 17.0 Å². The molecule has 4 rings (SSSR count). The van der Waals surface area contributed by atoms with Gasteiger partial charge in [-0.05, 0) is 36.8 Å². The van der Waals surface area contributed by atoms with Crippen molar-refractivity contribution in [2.75, 3.05) is 11.5 Å². The second kappa shape index (κ2) is 4.98. The van der Waals surface area contributed by atoms with Crippen LogP contribution in [-0.4, -0.2) is 26.0 Å². The number of rotatable bonds is 2. The number of thioether (sulfide) groups is 1. The average Bonchev–Trinajstić information content (AvgIpc) is 3.14. The molecule has 1 fully saturated rings. The maximum atomic E-state index is 5.59. The molecule has 0 aliphatic carbocycles. The Balaban J connectivity index is 1.92. The summed E-state index contributed by atoms with van der Waals surface area (Å²) in [4.78, 5) is 9.31. The van der Waals surface area contributed by atoms with E-state index in [4.69, 9.17) is 9.40 Å². The summed E-state index contributed by atoms with van der Waals surface area (Å²) in [5.41, 5.74) is 1.82. The number of furan rings is 1. The molecule has 3 aromatic rings. The standard InChI is InChI=1S/C15H15N3OS/c1-5-12-15(16-7-1)18(13-6-2-8-19-13)14(17-12)11-4-3-9-20-10-11/h1-2,5-8,11H,3-4,9-10H2. The predicted octanol–water partition coefficient (Wildman–Crippen LogP) is 3.62. The smallest absolute Gasteiger partial charge is 0.206 e. The highest BCUT2D eigenvalue weighted by Gasteiger charge is 2.24. The summed E-state index contributed by atoms with van der Waals surface area (Å²) in [6.07, 6.45) is 5.95. The van der Waals surface area contributed by atoms with E-state index in [9.17, 15) is 0 Å². The van der Waals surface area contributed by atoms with E-state index in [0.29, 0.717) is 5.92 Å². The molecule has 0 amide bonds. The van der Waals surface area contributed by atoms with Gasteiger partial charge in [0.2, 0.25) is 5.88 Å². The highest BCUT2D eigenvalue weighted by Crippen LogP contribution is 2.33. The van der Waals surface area contributed by atoms with Gasteiger partial charge in [0.15, 0.2) is 5.65 Å². The number of nitrogens with zero attached hydrogens (tertiary/aromatic N) is 3. The summed E-state index contributed by atoms with van der Waals surface area (Å²) in [7, 11) is 0. The van der Waals surface area contributed by atoms with E-state index in [-0.39, 0.29) is 0 Å². The van der Waals surface area contributed by atoms with Crippen LogP contribution in [0.1, 0.15) is 24.6 Å². The third-order valence-electron chi connectivity index (χ3n) is 3.69. The lowest BCUT2D eigenvalue weighted by molar-refractivity contribution is 0.522. The number of hydrogen-bond acceptors (Lipinski definition) is 4. The minimum absolute atomic E-state index is 0.480. The van der Waals surface area contributed by atoms with Gasteiger partial charge in [-0.2, -0.15) is 11.8 Å². The molecule has 5 heteroatoms. The van der Waals surface area contributed by atoms with Crippen LogP contribution in [0.5, 0.6) is 0 Å². The molecule has 102 valence electrons. The first-order chi connectivity index (χ1) is 9.93. The molecule has 0 spiro atoms. The van der Waals surface area contributed by atoms with Crippen molar-refractivity contribution >= 4 is 22.9 Å². The Bertz CT molecular complexity index is 714. The highest BCUT2D eigenvalue weighted by molar-refractivity contribution is 7.99. The Labute approximate surface area is 121 Å². The summed E-state index contributed by atoms with van der Waals surface area (Å²) in [5.74, 6) is 4.76. The largest absolute Gasteiger partial charge is 0.448 e. The monoisotopic (exact) mass is 285 g/mol. The molecular weight excluding hydrogens is 270 g/mol. The van der Waals surface area contributed by atoms with E-state index in [2.05, 4.69) is 9.55 Å². The number of hydrogen-bond donors (Lipinski definition) is 0. The molecule has 0 aromatic carbocycles. The third kappa shape index (κ3) is 1.93. The van der Waals surface area contributed by atoms with E-state index in [0.717, 1.165) is 28.6 Å². The highest BCUT2D eigenvalue weighted by atomic mass is 32.2. The zero-order valence-electron chi connectivity index (χ0n) is 11.0. The van der Waals surface area contributed by atoms with Gasteiger partial charge in [0.25, 0.3) is 0 Å². The van der Waals surface area contributed by atoms with Crippen molar-refractivity contribution in [3.63, 3.8) is 0 Å². The molecule has 4 nitrogen and oxygen atoms in total. The molecule has 0 radical (unpaired) electrons. The van der Waals surface area contributed by atoms with Crippen LogP contribution in [0.2, 0.25) is 0 Å². The fraction of sp³-hybridized carbons (Fsp3) is 0.333. The SMILES string of the molecule is c1coc(-n2c(C3CCCSC3)nc3cccnc32)c1. The maximum absolute atomic E-state index is 5.59. The molecule has 0 saturated carbocycles. The van der Waals surface area contributed by atoms with Crippen LogP contribution < -0.4 is 0 Å². The summed E-state index contributed by atoms with van der Waals surface area (Å²) in [6.45, 7) is 0. The van der Waals surface area contributed by atoms with E-state index < -0.39 is 0 Å². The molecule has 20 heavy (non-hydrogen) atoms. The first-order valence-corrected chi connectivity index (χ1v) is 8.04. The van der Waals surface area contributed by atoms with Crippen LogP contribution in [0.4, 0.5) is 0 Å². The van der Waals surface area contributed by atoms with Gasteiger partial charge in [0.05, 0.1) is 6.26 Å². The third-order valence-corrected chi connectivity index (χ3v) is 4.91. The van der Waals surface area contributed by atoms with Crippen molar-refractivity contribution in [3.05, 3.63) is 42.5 Å². The lowest BCUT2D eigenvalue weighted by Gasteiger charge is -2.21. The minimum atomic E-state index is 0.480. The summed E-state index contributed by atoms with van der Waals surface area (Å²) in [5, 5.41) is 0. The number of aromatic nitrogens is 3. The molecular formula is C15H15N3OS. The van der Waals surface area contributed by atoms with E-state index >= 15 is 0 Å². The normalized spacial score (nSPS) is 19.5. The lowest BCUT2D eigenvalue weighted by Crippen LogP contribution is -2.14. The van der Waals surface area contributed by atoms with Gasteiger partial charge in [-0.25, -0.2) is 14.5 Å². The number of imidazole rings is 1. The minimum Gasteiger partial charge on any atom is -0.448 e. The number of pyridine rings is 1. The van der Waals surface area contributed by atoms with E-state index in [1.54, 1.807) is 6.26 Å². The Hall–Kier alpha value is -1.75. The van der Waals surface area contributed by atoms with Crippen molar-refractivity contribution in [2.45, 2.75) is 18.8 Å². The summed E-state index contributed by atoms with van der Waals surface area (Å²) < 4.78 is 7.67. The van der Waals surface area contributed by atoms with Crippen LogP contribution in [0.15, 0.2) is 41.1 Å². The quantitative estimate of drug-likeness (QED) is 0.721. The molecule has 3 aromatic heterocycles. The second-order valence-corrected chi connectivity index (χ2v) is 6.17. The topological polar surface area (TPSA) is 43.9 Å². The molecule has 1 saturated heterocycles. The first kappa shape index (κ1) is 12.0. The van der Waals surface area contributed by atoms with Gasteiger partial charge in [-0.1, -0.05) is 0 Å². The maximum Gasteiger partial charge on any atom is 0.206 e. The van der Waals surface area contributed by atoms with Crippen molar-refractivity contribution in [1.29, 1.82) is 0 Å². The van der Waals surface area contributed by atoms with Gasteiger partial charge in [-0.3, -0.25) is 0 Å². The first-order valence-electron chi connectivity index (χ1n) is 6.88. The van der Waals surface area contributed by atoms with E-state index in [1.807, 2.05) is 42.2 Å². The van der Waals surface area contributed by atoms with Gasteiger partial charge in [0, 0.05) is 23.9 Å². The second-order valence-electron chi connectivity index (χ2n) is 5.02. The van der Waals surface area contributed by atoms with Gasteiger partial charge >= 0.3 is 0 Å². The van der Waals surface area contributed by atoms with Crippen molar-refractivity contribution in [2.24, 2.45) is 0 Å². The fourth-order valence-electron chi connectivity index (χ4n) is 2.76. The molecule has 0 N–H and O–H groups in total. The molecule has 1 aliphatic rings. The van der Waals surface area contributed by atoms with Crippen LogP contribution in [0, 0.1) is 0 Å². The van der Waals surface area contributed by atoms with Gasteiger partial charge in [0.1, 0.15) is 11.3 Å². The van der Waals surface area contributed by atoms with E-state index in [1.165, 1.54) is 18.6 Å². The average molecular weight is 285 g/mol. The Kier molecular flexibility index (Phi) is 2.99. The zero-order chi connectivity index (χ0) is 13.4. The van der Waals surface area contributed by atoms with Crippen molar-refractivity contribution in [1.82, 2.24) is 14.5 Å². The van der Waals surface area contributed by atoms with Gasteiger partial charge in [-0.15, -0.1) is 0 Å².